The molecule has 0 aromatic heterocycles. The number of aliphatic carboxylic acids is 1. The van der Waals surface area contributed by atoms with Crippen LogP contribution in [0.2, 0.25) is 0 Å². The molecule has 7 heteroatoms. The number of carbonyl (C=O) groups excluding carboxylic acids is 2. The minimum Gasteiger partial charge on any atom is -0.480 e. The fourth-order valence-corrected chi connectivity index (χ4v) is 2.75. The van der Waals surface area contributed by atoms with Crippen LogP contribution in [-0.2, 0) is 23.9 Å². The highest BCUT2D eigenvalue weighted by Gasteiger charge is 2.18. The highest BCUT2D eigenvalue weighted by molar-refractivity contribution is 5.77. The van der Waals surface area contributed by atoms with Gasteiger partial charge in [0, 0.05) is 0 Å². The fraction of sp³-hybridized carbons (Fsp3) is 0.577. The van der Waals surface area contributed by atoms with Crippen LogP contribution in [0.5, 0.6) is 0 Å². The monoisotopic (exact) mass is 463 g/mol. The molecule has 0 bridgehead atoms. The molecule has 0 aromatic rings. The van der Waals surface area contributed by atoms with Gasteiger partial charge in [-0.3, -0.25) is 19.3 Å². The van der Waals surface area contributed by atoms with E-state index in [1.54, 1.807) is 0 Å². The predicted octanol–water partition coefficient (Wildman–Crippen LogP) is 4.84. The van der Waals surface area contributed by atoms with E-state index in [4.69, 9.17) is 14.6 Å². The second kappa shape index (κ2) is 17.8. The Balaban J connectivity index is 4.51. The SMILES string of the molecule is CC(C)=CCC/C(C)=C/COC(=O)CN(CC(=O)O)CC(=O)OC/C=C(\C)CCC=C(C)C. The van der Waals surface area contributed by atoms with Gasteiger partial charge in [-0.1, -0.05) is 34.4 Å². The topological polar surface area (TPSA) is 93.1 Å². The van der Waals surface area contributed by atoms with Crippen molar-refractivity contribution in [1.29, 1.82) is 0 Å². The Bertz CT molecular complexity index is 697. The van der Waals surface area contributed by atoms with Crippen LogP contribution in [0, 0.1) is 0 Å². The maximum absolute atomic E-state index is 12.1. The Morgan fingerprint density at radius 2 is 1.06 bits per heavy atom. The van der Waals surface area contributed by atoms with E-state index in [2.05, 4.69) is 12.2 Å². The third kappa shape index (κ3) is 19.7. The van der Waals surface area contributed by atoms with Crippen molar-refractivity contribution in [1.82, 2.24) is 4.90 Å². The smallest absolute Gasteiger partial charge is 0.320 e. The van der Waals surface area contributed by atoms with Gasteiger partial charge in [0.25, 0.3) is 0 Å². The van der Waals surface area contributed by atoms with Crippen LogP contribution < -0.4 is 0 Å². The summed E-state index contributed by atoms with van der Waals surface area (Å²) in [6.07, 6.45) is 11.6. The van der Waals surface area contributed by atoms with Crippen molar-refractivity contribution in [3.63, 3.8) is 0 Å². The summed E-state index contributed by atoms with van der Waals surface area (Å²) in [5, 5.41) is 9.08. The van der Waals surface area contributed by atoms with Gasteiger partial charge < -0.3 is 14.6 Å². The van der Waals surface area contributed by atoms with E-state index in [9.17, 15) is 14.4 Å². The van der Waals surface area contributed by atoms with Gasteiger partial charge in [0.1, 0.15) is 13.2 Å². The lowest BCUT2D eigenvalue weighted by atomic mass is 10.1. The molecule has 0 aliphatic carbocycles. The zero-order valence-electron chi connectivity index (χ0n) is 21.1. The molecule has 7 nitrogen and oxygen atoms in total. The minimum absolute atomic E-state index is 0.113. The Labute approximate surface area is 198 Å². The summed E-state index contributed by atoms with van der Waals surface area (Å²) in [5.74, 6) is -2.32. The van der Waals surface area contributed by atoms with Crippen LogP contribution in [0.3, 0.4) is 0 Å². The Kier molecular flexibility index (Phi) is 16.4. The summed E-state index contributed by atoms with van der Waals surface area (Å²) < 4.78 is 10.3. The minimum atomic E-state index is -1.14. The van der Waals surface area contributed by atoms with Crippen molar-refractivity contribution in [3.05, 3.63) is 46.6 Å². The summed E-state index contributed by atoms with van der Waals surface area (Å²) in [6.45, 7) is 11.3. The summed E-state index contributed by atoms with van der Waals surface area (Å²) in [7, 11) is 0. The molecule has 0 aromatic carbocycles. The van der Waals surface area contributed by atoms with E-state index in [0.717, 1.165) is 36.8 Å². The molecule has 0 unspecified atom stereocenters. The average Bonchev–Trinajstić information content (AvgIpc) is 2.66. The number of hydrogen-bond donors (Lipinski definition) is 1. The maximum atomic E-state index is 12.1. The Morgan fingerprint density at radius 3 is 1.39 bits per heavy atom. The molecule has 0 aliphatic rings. The van der Waals surface area contributed by atoms with Crippen LogP contribution >= 0.6 is 0 Å². The largest absolute Gasteiger partial charge is 0.480 e. The van der Waals surface area contributed by atoms with Crippen molar-refractivity contribution in [2.24, 2.45) is 0 Å². The number of allylic oxidation sites excluding steroid dienone is 6. The maximum Gasteiger partial charge on any atom is 0.320 e. The first kappa shape index (κ1) is 30.3. The van der Waals surface area contributed by atoms with Crippen molar-refractivity contribution in [2.45, 2.75) is 67.2 Å². The van der Waals surface area contributed by atoms with Crippen molar-refractivity contribution in [2.75, 3.05) is 32.8 Å². The molecular weight excluding hydrogens is 422 g/mol. The van der Waals surface area contributed by atoms with Crippen LogP contribution in [0.25, 0.3) is 0 Å². The number of esters is 2. The number of carboxylic acid groups (broad SMARTS) is 1. The number of nitrogens with zero attached hydrogens (tertiary/aromatic N) is 1. The second-order valence-corrected chi connectivity index (χ2v) is 8.65. The van der Waals surface area contributed by atoms with Crippen molar-refractivity contribution in [3.8, 4) is 0 Å². The highest BCUT2D eigenvalue weighted by atomic mass is 16.5. The van der Waals surface area contributed by atoms with Crippen molar-refractivity contribution >= 4 is 17.9 Å². The lowest BCUT2D eigenvalue weighted by Gasteiger charge is -2.18. The molecule has 186 valence electrons. The van der Waals surface area contributed by atoms with E-state index in [1.807, 2.05) is 53.7 Å². The zero-order valence-corrected chi connectivity index (χ0v) is 21.1. The lowest BCUT2D eigenvalue weighted by molar-refractivity contribution is -0.149. The van der Waals surface area contributed by atoms with Gasteiger partial charge in [0.15, 0.2) is 0 Å². The van der Waals surface area contributed by atoms with Gasteiger partial charge in [0.2, 0.25) is 0 Å². The molecule has 1 N–H and O–H groups in total. The van der Waals surface area contributed by atoms with E-state index < -0.39 is 24.5 Å². The number of ether oxygens (including phenoxy) is 2. The van der Waals surface area contributed by atoms with E-state index in [0.29, 0.717) is 0 Å². The standard InChI is InChI=1S/C26H41NO6/c1-20(2)9-7-11-22(5)13-15-32-25(30)18-27(17-24(28)29)19-26(31)33-16-14-23(6)12-8-10-21(3)4/h9-10,13-14H,7-8,11-12,15-19H2,1-6H3,(H,28,29)/b22-13+,23-14+. The van der Waals surface area contributed by atoms with E-state index in [-0.39, 0.29) is 26.3 Å². The first-order valence-corrected chi connectivity index (χ1v) is 11.3. The van der Waals surface area contributed by atoms with Crippen LogP contribution in [0.1, 0.15) is 67.2 Å². The molecule has 0 rings (SSSR count). The predicted molar refractivity (Wildman–Crippen MR) is 131 cm³/mol. The number of carboxylic acids is 1. The van der Waals surface area contributed by atoms with Gasteiger partial charge in [0.05, 0.1) is 19.6 Å². The average molecular weight is 464 g/mol. The second-order valence-electron chi connectivity index (χ2n) is 8.65. The number of carbonyl (C=O) groups is 3. The third-order valence-electron chi connectivity index (χ3n) is 4.60. The highest BCUT2D eigenvalue weighted by Crippen LogP contribution is 2.07. The number of rotatable bonds is 16. The molecule has 0 radical (unpaired) electrons. The normalized spacial score (nSPS) is 11.7. The molecule has 0 saturated heterocycles. The van der Waals surface area contributed by atoms with Crippen LogP contribution in [0.15, 0.2) is 46.6 Å². The van der Waals surface area contributed by atoms with Crippen LogP contribution in [0.4, 0.5) is 0 Å². The third-order valence-corrected chi connectivity index (χ3v) is 4.60. The van der Waals surface area contributed by atoms with Gasteiger partial charge in [-0.2, -0.15) is 0 Å². The Hall–Kier alpha value is -2.67. The molecule has 0 fully saturated rings. The molecule has 0 aliphatic heterocycles. The molecule has 0 atom stereocenters. The molecule has 33 heavy (non-hydrogen) atoms. The van der Waals surface area contributed by atoms with Gasteiger partial charge in [-0.15, -0.1) is 0 Å². The zero-order chi connectivity index (χ0) is 25.2. The fourth-order valence-electron chi connectivity index (χ4n) is 2.75. The first-order chi connectivity index (χ1) is 15.5. The Morgan fingerprint density at radius 1 is 0.667 bits per heavy atom. The molecule has 0 saturated carbocycles. The van der Waals surface area contributed by atoms with E-state index >= 15 is 0 Å². The molecule has 0 heterocycles. The van der Waals surface area contributed by atoms with Gasteiger partial charge in [-0.05, 0) is 79.4 Å². The summed E-state index contributed by atoms with van der Waals surface area (Å²) in [6, 6.07) is 0. The van der Waals surface area contributed by atoms with Gasteiger partial charge in [-0.25, -0.2) is 0 Å². The summed E-state index contributed by atoms with van der Waals surface area (Å²) in [5.41, 5.74) is 4.74. The summed E-state index contributed by atoms with van der Waals surface area (Å²) >= 11 is 0. The van der Waals surface area contributed by atoms with Crippen LogP contribution in [-0.4, -0.2) is 60.8 Å². The quantitative estimate of drug-likeness (QED) is 0.258. The lowest BCUT2D eigenvalue weighted by Crippen LogP contribution is -2.39. The number of hydrogen-bond acceptors (Lipinski definition) is 6. The summed E-state index contributed by atoms with van der Waals surface area (Å²) in [4.78, 5) is 36.5. The first-order valence-electron chi connectivity index (χ1n) is 11.3. The molecular formula is C26H41NO6. The molecule has 0 amide bonds. The van der Waals surface area contributed by atoms with Crippen molar-refractivity contribution < 1.29 is 29.0 Å². The van der Waals surface area contributed by atoms with E-state index in [1.165, 1.54) is 16.0 Å². The molecule has 0 spiro atoms. The van der Waals surface area contributed by atoms with Gasteiger partial charge >= 0.3 is 17.9 Å².